The maximum atomic E-state index is 12.8. The predicted octanol–water partition coefficient (Wildman–Crippen LogP) is 2.86. The molecule has 132 valence electrons. The van der Waals surface area contributed by atoms with Gasteiger partial charge in [0.25, 0.3) is 11.6 Å². The van der Waals surface area contributed by atoms with Gasteiger partial charge in [0.1, 0.15) is 0 Å². The van der Waals surface area contributed by atoms with E-state index in [9.17, 15) is 19.7 Å². The highest BCUT2D eigenvalue weighted by molar-refractivity contribution is 6.06. The minimum atomic E-state index is -0.799. The number of amides is 3. The van der Waals surface area contributed by atoms with Crippen molar-refractivity contribution in [2.24, 2.45) is 0 Å². The molecule has 1 heterocycles. The molecule has 0 saturated carbocycles. The van der Waals surface area contributed by atoms with E-state index in [1.807, 2.05) is 6.07 Å². The second kappa shape index (κ2) is 7.06. The molecule has 1 aliphatic heterocycles. The van der Waals surface area contributed by atoms with Gasteiger partial charge in [-0.15, -0.1) is 0 Å². The van der Waals surface area contributed by atoms with Crippen molar-refractivity contribution in [2.45, 2.75) is 13.0 Å². The van der Waals surface area contributed by atoms with Crippen LogP contribution in [0.4, 0.5) is 16.2 Å². The van der Waals surface area contributed by atoms with Crippen LogP contribution in [0.2, 0.25) is 0 Å². The number of allylic oxidation sites excluding steroid dienone is 1. The van der Waals surface area contributed by atoms with Crippen LogP contribution < -0.4 is 16.0 Å². The van der Waals surface area contributed by atoms with Crippen molar-refractivity contribution in [3.05, 3.63) is 81.5 Å². The largest absolute Gasteiger partial charge is 0.327 e. The molecule has 0 spiro atoms. The maximum absolute atomic E-state index is 12.8. The van der Waals surface area contributed by atoms with Crippen LogP contribution in [0.5, 0.6) is 0 Å². The van der Waals surface area contributed by atoms with Crippen LogP contribution in [0.15, 0.2) is 65.9 Å². The lowest BCUT2D eigenvalue weighted by Crippen LogP contribution is -2.45. The summed E-state index contributed by atoms with van der Waals surface area (Å²) in [6, 6.07) is 13.5. The minimum Gasteiger partial charge on any atom is -0.327 e. The van der Waals surface area contributed by atoms with Crippen LogP contribution >= 0.6 is 0 Å². The molecule has 2 aromatic rings. The first-order valence-corrected chi connectivity index (χ1v) is 7.85. The molecule has 3 rings (SSSR count). The minimum absolute atomic E-state index is 0.115. The monoisotopic (exact) mass is 352 g/mol. The summed E-state index contributed by atoms with van der Waals surface area (Å²) in [5, 5.41) is 19.0. The number of hydrogen-bond acceptors (Lipinski definition) is 4. The summed E-state index contributed by atoms with van der Waals surface area (Å²) in [6.45, 7) is 1.61. The first-order valence-electron chi connectivity index (χ1n) is 7.85. The number of nitro benzene ring substituents is 1. The van der Waals surface area contributed by atoms with Crippen LogP contribution in [-0.4, -0.2) is 16.9 Å². The van der Waals surface area contributed by atoms with E-state index in [0.717, 1.165) is 0 Å². The quantitative estimate of drug-likeness (QED) is 0.580. The highest BCUT2D eigenvalue weighted by Gasteiger charge is 2.31. The summed E-state index contributed by atoms with van der Waals surface area (Å²) >= 11 is 0. The molecular formula is C18H16N4O4. The Kier molecular flexibility index (Phi) is 4.66. The van der Waals surface area contributed by atoms with Crippen molar-refractivity contribution < 1.29 is 14.5 Å². The van der Waals surface area contributed by atoms with Crippen molar-refractivity contribution in [2.75, 3.05) is 5.32 Å². The molecule has 1 aliphatic rings. The fourth-order valence-corrected chi connectivity index (χ4v) is 2.78. The topological polar surface area (TPSA) is 113 Å². The molecule has 2 aromatic carbocycles. The van der Waals surface area contributed by atoms with E-state index in [1.165, 1.54) is 18.2 Å². The molecule has 0 bridgehead atoms. The lowest BCUT2D eigenvalue weighted by Gasteiger charge is -2.28. The molecule has 0 unspecified atom stereocenters. The molecule has 1 atom stereocenters. The Labute approximate surface area is 149 Å². The molecule has 8 heteroatoms. The van der Waals surface area contributed by atoms with Gasteiger partial charge in [0.05, 0.1) is 16.5 Å². The Hall–Kier alpha value is -3.68. The molecule has 0 aliphatic carbocycles. The van der Waals surface area contributed by atoms with Crippen molar-refractivity contribution in [3.63, 3.8) is 0 Å². The van der Waals surface area contributed by atoms with Gasteiger partial charge in [-0.05, 0) is 24.6 Å². The summed E-state index contributed by atoms with van der Waals surface area (Å²) in [6.07, 6.45) is 0. The summed E-state index contributed by atoms with van der Waals surface area (Å²) in [5.74, 6) is -0.405. The average molecular weight is 352 g/mol. The van der Waals surface area contributed by atoms with Gasteiger partial charge >= 0.3 is 6.03 Å². The predicted molar refractivity (Wildman–Crippen MR) is 95.3 cm³/mol. The Morgan fingerprint density at radius 2 is 1.88 bits per heavy atom. The highest BCUT2D eigenvalue weighted by Crippen LogP contribution is 2.29. The molecule has 0 saturated heterocycles. The van der Waals surface area contributed by atoms with Gasteiger partial charge in [-0.2, -0.15) is 0 Å². The smallest absolute Gasteiger partial charge is 0.319 e. The van der Waals surface area contributed by atoms with Crippen molar-refractivity contribution >= 4 is 23.3 Å². The number of nitrogens with one attached hydrogen (secondary N) is 3. The molecule has 0 aromatic heterocycles. The van der Waals surface area contributed by atoms with E-state index in [1.54, 1.807) is 37.3 Å². The third-order valence-electron chi connectivity index (χ3n) is 3.96. The zero-order chi connectivity index (χ0) is 18.7. The number of anilines is 1. The zero-order valence-electron chi connectivity index (χ0n) is 13.9. The van der Waals surface area contributed by atoms with E-state index in [4.69, 9.17) is 0 Å². The average Bonchev–Trinajstić information content (AvgIpc) is 2.61. The van der Waals surface area contributed by atoms with Crippen LogP contribution in [0, 0.1) is 10.1 Å². The normalized spacial score (nSPS) is 16.5. The molecule has 0 fully saturated rings. The third-order valence-corrected chi connectivity index (χ3v) is 3.96. The number of hydrogen-bond donors (Lipinski definition) is 3. The lowest BCUT2D eigenvalue weighted by atomic mass is 9.94. The Balaban J connectivity index is 1.98. The fourth-order valence-electron chi connectivity index (χ4n) is 2.78. The number of benzene rings is 2. The van der Waals surface area contributed by atoms with Gasteiger partial charge in [-0.25, -0.2) is 4.79 Å². The highest BCUT2D eigenvalue weighted by atomic mass is 16.6. The van der Waals surface area contributed by atoms with Crippen LogP contribution in [-0.2, 0) is 4.79 Å². The number of para-hydroxylation sites is 1. The second-order valence-electron chi connectivity index (χ2n) is 5.74. The van der Waals surface area contributed by atoms with Gasteiger partial charge in [-0.3, -0.25) is 14.9 Å². The Bertz CT molecular complexity index is 908. The second-order valence-corrected chi connectivity index (χ2v) is 5.74. The molecule has 0 radical (unpaired) electrons. The van der Waals surface area contributed by atoms with Gasteiger partial charge in [0.15, 0.2) is 0 Å². The van der Waals surface area contributed by atoms with Gasteiger partial charge in [0.2, 0.25) is 0 Å². The van der Waals surface area contributed by atoms with E-state index < -0.39 is 22.9 Å². The van der Waals surface area contributed by atoms with Gasteiger partial charge < -0.3 is 16.0 Å². The fraction of sp³-hybridized carbons (Fsp3) is 0.111. The maximum Gasteiger partial charge on any atom is 0.319 e. The van der Waals surface area contributed by atoms with Crippen LogP contribution in [0.3, 0.4) is 0 Å². The van der Waals surface area contributed by atoms with E-state index in [2.05, 4.69) is 16.0 Å². The number of urea groups is 1. The molecule has 8 nitrogen and oxygen atoms in total. The number of carbonyl (C=O) groups is 2. The molecule has 26 heavy (non-hydrogen) atoms. The van der Waals surface area contributed by atoms with Crippen molar-refractivity contribution in [1.82, 2.24) is 10.6 Å². The first kappa shape index (κ1) is 17.2. The molecular weight excluding hydrogens is 336 g/mol. The summed E-state index contributed by atoms with van der Waals surface area (Å²) < 4.78 is 0. The SMILES string of the molecule is CC1=C(C(=O)Nc2ccccc2)[C@H](c2cccc([N+](=O)[O-])c2)NC(=O)N1. The first-order chi connectivity index (χ1) is 12.5. The third kappa shape index (κ3) is 3.54. The lowest BCUT2D eigenvalue weighted by molar-refractivity contribution is -0.384. The number of rotatable bonds is 4. The van der Waals surface area contributed by atoms with Crippen LogP contribution in [0.25, 0.3) is 0 Å². The van der Waals surface area contributed by atoms with Crippen molar-refractivity contribution in [3.8, 4) is 0 Å². The van der Waals surface area contributed by atoms with Crippen molar-refractivity contribution in [1.29, 1.82) is 0 Å². The summed E-state index contributed by atoms with van der Waals surface area (Å²) in [7, 11) is 0. The zero-order valence-corrected chi connectivity index (χ0v) is 13.9. The number of carbonyl (C=O) groups excluding carboxylic acids is 2. The summed E-state index contributed by atoms with van der Waals surface area (Å²) in [4.78, 5) is 35.2. The number of non-ortho nitro benzene ring substituents is 1. The van der Waals surface area contributed by atoms with E-state index >= 15 is 0 Å². The summed E-state index contributed by atoms with van der Waals surface area (Å²) in [5.41, 5.74) is 1.61. The van der Waals surface area contributed by atoms with E-state index in [0.29, 0.717) is 16.9 Å². The standard InChI is InChI=1S/C18H16N4O4/c1-11-15(17(23)20-13-7-3-2-4-8-13)16(21-18(24)19-11)12-6-5-9-14(10-12)22(25)26/h2-10,16H,1H3,(H,20,23)(H2,19,21,24)/t16-/m0/s1. The molecule has 3 amide bonds. The number of nitrogens with zero attached hydrogens (tertiary/aromatic N) is 1. The Morgan fingerprint density at radius 1 is 1.15 bits per heavy atom. The van der Waals surface area contributed by atoms with Gasteiger partial charge in [-0.1, -0.05) is 30.3 Å². The van der Waals surface area contributed by atoms with Crippen LogP contribution in [0.1, 0.15) is 18.5 Å². The molecule has 3 N–H and O–H groups in total. The van der Waals surface area contributed by atoms with E-state index in [-0.39, 0.29) is 11.3 Å². The van der Waals surface area contributed by atoms with Gasteiger partial charge in [0, 0.05) is 23.5 Å². The Morgan fingerprint density at radius 3 is 2.58 bits per heavy atom. The number of nitro groups is 1.